The van der Waals surface area contributed by atoms with Crippen molar-refractivity contribution < 1.29 is 0 Å². The Bertz CT molecular complexity index is 507. The minimum Gasteiger partial charge on any atom is -0.369 e. The molecule has 0 atom stereocenters. The van der Waals surface area contributed by atoms with Crippen molar-refractivity contribution in [3.05, 3.63) is 33.7 Å². The van der Waals surface area contributed by atoms with Gasteiger partial charge < -0.3 is 5.32 Å². The van der Waals surface area contributed by atoms with E-state index in [1.54, 1.807) is 17.7 Å². The fourth-order valence-corrected chi connectivity index (χ4v) is 2.30. The van der Waals surface area contributed by atoms with Crippen molar-refractivity contribution in [2.75, 3.05) is 11.9 Å². The molecule has 0 fully saturated rings. The maximum Gasteiger partial charge on any atom is 0.132 e. The Balaban J connectivity index is 1.92. The van der Waals surface area contributed by atoms with Crippen molar-refractivity contribution in [2.24, 2.45) is 0 Å². The highest BCUT2D eigenvalue weighted by molar-refractivity contribution is 7.09. The Kier molecular flexibility index (Phi) is 3.68. The van der Waals surface area contributed by atoms with E-state index in [0.29, 0.717) is 0 Å². The smallest absolute Gasteiger partial charge is 0.132 e. The SMILES string of the molecule is Cc1csc(CCNc2ncnc(C)c2C)n1. The lowest BCUT2D eigenvalue weighted by atomic mass is 10.2. The van der Waals surface area contributed by atoms with Crippen LogP contribution in [0, 0.1) is 20.8 Å². The standard InChI is InChI=1S/C12H16N4S/c1-8-6-17-11(16-8)4-5-13-12-9(2)10(3)14-7-15-12/h6-7H,4-5H2,1-3H3,(H,13,14,15). The summed E-state index contributed by atoms with van der Waals surface area (Å²) in [7, 11) is 0. The molecule has 0 saturated heterocycles. The number of hydrogen-bond acceptors (Lipinski definition) is 5. The second-order valence-electron chi connectivity index (χ2n) is 3.99. The lowest BCUT2D eigenvalue weighted by Crippen LogP contribution is -2.08. The second-order valence-corrected chi connectivity index (χ2v) is 4.93. The molecule has 4 nitrogen and oxygen atoms in total. The molecule has 0 aromatic carbocycles. The summed E-state index contributed by atoms with van der Waals surface area (Å²) in [5.74, 6) is 0.922. The second kappa shape index (κ2) is 5.23. The molecule has 0 unspecified atom stereocenters. The van der Waals surface area contributed by atoms with Crippen molar-refractivity contribution in [3.8, 4) is 0 Å². The molecule has 0 radical (unpaired) electrons. The van der Waals surface area contributed by atoms with Gasteiger partial charge in [-0.1, -0.05) is 0 Å². The van der Waals surface area contributed by atoms with Gasteiger partial charge >= 0.3 is 0 Å². The minimum absolute atomic E-state index is 0.851. The summed E-state index contributed by atoms with van der Waals surface area (Å²) >= 11 is 1.71. The van der Waals surface area contributed by atoms with Crippen molar-refractivity contribution >= 4 is 17.2 Å². The minimum atomic E-state index is 0.851. The average Bonchev–Trinajstić information content (AvgIpc) is 2.70. The molecule has 0 aliphatic carbocycles. The predicted molar refractivity (Wildman–Crippen MR) is 70.6 cm³/mol. The summed E-state index contributed by atoms with van der Waals surface area (Å²) in [5.41, 5.74) is 3.23. The van der Waals surface area contributed by atoms with E-state index < -0.39 is 0 Å². The third-order valence-corrected chi connectivity index (χ3v) is 3.66. The third kappa shape index (κ3) is 3.00. The van der Waals surface area contributed by atoms with Gasteiger partial charge in [0, 0.05) is 35.3 Å². The molecule has 2 aromatic rings. The number of aromatic nitrogens is 3. The molecule has 0 saturated carbocycles. The average molecular weight is 248 g/mol. The highest BCUT2D eigenvalue weighted by atomic mass is 32.1. The highest BCUT2D eigenvalue weighted by Gasteiger charge is 2.03. The maximum atomic E-state index is 4.43. The number of aryl methyl sites for hydroxylation is 2. The molecule has 2 rings (SSSR count). The molecule has 17 heavy (non-hydrogen) atoms. The zero-order valence-electron chi connectivity index (χ0n) is 10.3. The molecule has 1 N–H and O–H groups in total. The van der Waals surface area contributed by atoms with E-state index in [-0.39, 0.29) is 0 Å². The van der Waals surface area contributed by atoms with E-state index in [0.717, 1.165) is 35.7 Å². The number of hydrogen-bond donors (Lipinski definition) is 1. The molecule has 5 heteroatoms. The quantitative estimate of drug-likeness (QED) is 0.903. The van der Waals surface area contributed by atoms with E-state index in [9.17, 15) is 0 Å². The van der Waals surface area contributed by atoms with Gasteiger partial charge in [-0.15, -0.1) is 11.3 Å². The van der Waals surface area contributed by atoms with Gasteiger partial charge in [-0.25, -0.2) is 15.0 Å². The van der Waals surface area contributed by atoms with Crippen LogP contribution in [-0.2, 0) is 6.42 Å². The van der Waals surface area contributed by atoms with Gasteiger partial charge in [-0.05, 0) is 20.8 Å². The topological polar surface area (TPSA) is 50.7 Å². The summed E-state index contributed by atoms with van der Waals surface area (Å²) in [6.45, 7) is 6.90. The zero-order valence-corrected chi connectivity index (χ0v) is 11.1. The van der Waals surface area contributed by atoms with Crippen LogP contribution in [0.3, 0.4) is 0 Å². The fourth-order valence-electron chi connectivity index (χ4n) is 1.52. The molecule has 0 bridgehead atoms. The number of nitrogens with one attached hydrogen (secondary N) is 1. The van der Waals surface area contributed by atoms with E-state index >= 15 is 0 Å². The Morgan fingerprint density at radius 1 is 1.24 bits per heavy atom. The summed E-state index contributed by atoms with van der Waals surface area (Å²) in [5, 5.41) is 6.57. The van der Waals surface area contributed by atoms with Crippen molar-refractivity contribution in [1.82, 2.24) is 15.0 Å². The maximum absolute atomic E-state index is 4.43. The predicted octanol–water partition coefficient (Wildman–Crippen LogP) is 2.51. The van der Waals surface area contributed by atoms with E-state index in [1.807, 2.05) is 20.8 Å². The first-order valence-corrected chi connectivity index (χ1v) is 6.48. The van der Waals surface area contributed by atoms with Crippen LogP contribution in [-0.4, -0.2) is 21.5 Å². The Morgan fingerprint density at radius 2 is 2.06 bits per heavy atom. The fraction of sp³-hybridized carbons (Fsp3) is 0.417. The Labute approximate surface area is 105 Å². The lowest BCUT2D eigenvalue weighted by Gasteiger charge is -2.08. The molecule has 0 spiro atoms. The summed E-state index contributed by atoms with van der Waals surface area (Å²) in [6.07, 6.45) is 2.53. The van der Waals surface area contributed by atoms with Crippen LogP contribution in [0.5, 0.6) is 0 Å². The van der Waals surface area contributed by atoms with Crippen LogP contribution in [0.15, 0.2) is 11.7 Å². The van der Waals surface area contributed by atoms with Crippen molar-refractivity contribution in [1.29, 1.82) is 0 Å². The van der Waals surface area contributed by atoms with E-state index in [2.05, 4.69) is 25.6 Å². The molecular formula is C12H16N4S. The number of nitrogens with zero attached hydrogens (tertiary/aromatic N) is 3. The molecule has 0 aliphatic heterocycles. The van der Waals surface area contributed by atoms with Crippen LogP contribution in [0.2, 0.25) is 0 Å². The lowest BCUT2D eigenvalue weighted by molar-refractivity contribution is 0.961. The zero-order chi connectivity index (χ0) is 12.3. The highest BCUT2D eigenvalue weighted by Crippen LogP contribution is 2.13. The van der Waals surface area contributed by atoms with Crippen molar-refractivity contribution in [3.63, 3.8) is 0 Å². The largest absolute Gasteiger partial charge is 0.369 e. The molecular weight excluding hydrogens is 232 g/mol. The van der Waals surface area contributed by atoms with Gasteiger partial charge in [0.2, 0.25) is 0 Å². The number of thiazole rings is 1. The van der Waals surface area contributed by atoms with Gasteiger partial charge in [0.25, 0.3) is 0 Å². The van der Waals surface area contributed by atoms with E-state index in [4.69, 9.17) is 0 Å². The summed E-state index contributed by atoms with van der Waals surface area (Å²) in [4.78, 5) is 12.8. The Morgan fingerprint density at radius 3 is 2.76 bits per heavy atom. The normalized spacial score (nSPS) is 10.5. The van der Waals surface area contributed by atoms with Gasteiger partial charge in [-0.3, -0.25) is 0 Å². The van der Waals surface area contributed by atoms with Gasteiger partial charge in [0.15, 0.2) is 0 Å². The van der Waals surface area contributed by atoms with Crippen LogP contribution in [0.4, 0.5) is 5.82 Å². The molecule has 0 amide bonds. The molecule has 0 aliphatic rings. The monoisotopic (exact) mass is 248 g/mol. The summed E-state index contributed by atoms with van der Waals surface area (Å²) < 4.78 is 0. The number of rotatable bonds is 4. The molecule has 2 heterocycles. The van der Waals surface area contributed by atoms with Crippen molar-refractivity contribution in [2.45, 2.75) is 27.2 Å². The van der Waals surface area contributed by atoms with E-state index in [1.165, 1.54) is 5.01 Å². The van der Waals surface area contributed by atoms with Crippen LogP contribution in [0.25, 0.3) is 0 Å². The van der Waals surface area contributed by atoms with Crippen LogP contribution < -0.4 is 5.32 Å². The van der Waals surface area contributed by atoms with Gasteiger partial charge in [0.1, 0.15) is 12.1 Å². The summed E-state index contributed by atoms with van der Waals surface area (Å²) in [6, 6.07) is 0. The van der Waals surface area contributed by atoms with Crippen LogP contribution in [0.1, 0.15) is 22.0 Å². The molecule has 90 valence electrons. The molecule has 2 aromatic heterocycles. The Hall–Kier alpha value is -1.49. The number of anilines is 1. The van der Waals surface area contributed by atoms with Gasteiger partial charge in [0.05, 0.1) is 5.01 Å². The van der Waals surface area contributed by atoms with Crippen LogP contribution >= 0.6 is 11.3 Å². The van der Waals surface area contributed by atoms with Gasteiger partial charge in [-0.2, -0.15) is 0 Å². The first-order chi connectivity index (χ1) is 8.16. The first-order valence-electron chi connectivity index (χ1n) is 5.60. The first kappa shape index (κ1) is 12.0. The third-order valence-electron chi connectivity index (χ3n) is 2.63.